The second kappa shape index (κ2) is 6.89. The fourth-order valence-electron chi connectivity index (χ4n) is 1.93. The minimum atomic E-state index is -4.61. The number of alkyl halides is 3. The van der Waals surface area contributed by atoms with Crippen LogP contribution >= 0.6 is 0 Å². The summed E-state index contributed by atoms with van der Waals surface area (Å²) in [4.78, 5) is 5.01. The molecule has 0 aliphatic heterocycles. The molecule has 1 aromatic heterocycles. The second-order valence-electron chi connectivity index (χ2n) is 4.96. The van der Waals surface area contributed by atoms with Crippen molar-refractivity contribution < 1.29 is 22.8 Å². The SMILES string of the molecule is CN(CCC(O)c1ccccc1)Cc1nc(C(F)(F)F)no1. The Hall–Kier alpha value is -1.93. The van der Waals surface area contributed by atoms with E-state index < -0.39 is 18.1 Å². The van der Waals surface area contributed by atoms with Gasteiger partial charge in [-0.15, -0.1) is 0 Å². The van der Waals surface area contributed by atoms with Crippen LogP contribution in [0.4, 0.5) is 13.2 Å². The predicted molar refractivity (Wildman–Crippen MR) is 71.7 cm³/mol. The molecule has 0 amide bonds. The average Bonchev–Trinajstić information content (AvgIpc) is 2.94. The van der Waals surface area contributed by atoms with E-state index >= 15 is 0 Å². The summed E-state index contributed by atoms with van der Waals surface area (Å²) in [6.07, 6.45) is -4.79. The molecule has 5 nitrogen and oxygen atoms in total. The number of aliphatic hydroxyl groups excluding tert-OH is 1. The Morgan fingerprint density at radius 3 is 2.55 bits per heavy atom. The fourth-order valence-corrected chi connectivity index (χ4v) is 1.93. The molecular formula is C14H16F3N3O2. The highest BCUT2D eigenvalue weighted by Crippen LogP contribution is 2.26. The van der Waals surface area contributed by atoms with E-state index in [1.807, 2.05) is 30.3 Å². The van der Waals surface area contributed by atoms with Crippen molar-refractivity contribution in [2.24, 2.45) is 0 Å². The summed E-state index contributed by atoms with van der Waals surface area (Å²) >= 11 is 0. The van der Waals surface area contributed by atoms with Crippen LogP contribution in [0.25, 0.3) is 0 Å². The Kier molecular flexibility index (Phi) is 5.15. The molecule has 0 radical (unpaired) electrons. The van der Waals surface area contributed by atoms with E-state index in [4.69, 9.17) is 0 Å². The molecule has 8 heteroatoms. The lowest BCUT2D eigenvalue weighted by molar-refractivity contribution is -0.146. The van der Waals surface area contributed by atoms with Crippen molar-refractivity contribution in [2.45, 2.75) is 25.2 Å². The van der Waals surface area contributed by atoms with Gasteiger partial charge in [0.05, 0.1) is 12.6 Å². The zero-order valence-corrected chi connectivity index (χ0v) is 11.9. The first-order valence-electron chi connectivity index (χ1n) is 6.67. The van der Waals surface area contributed by atoms with Gasteiger partial charge in [-0.3, -0.25) is 4.90 Å². The molecule has 0 spiro atoms. The van der Waals surface area contributed by atoms with E-state index in [2.05, 4.69) is 14.7 Å². The van der Waals surface area contributed by atoms with E-state index in [9.17, 15) is 18.3 Å². The minimum Gasteiger partial charge on any atom is -0.388 e. The quantitative estimate of drug-likeness (QED) is 0.888. The van der Waals surface area contributed by atoms with Gasteiger partial charge in [-0.1, -0.05) is 35.5 Å². The highest BCUT2D eigenvalue weighted by molar-refractivity contribution is 5.17. The maximum Gasteiger partial charge on any atom is 0.455 e. The minimum absolute atomic E-state index is 0.0879. The monoisotopic (exact) mass is 315 g/mol. The van der Waals surface area contributed by atoms with Crippen LogP contribution in [0.3, 0.4) is 0 Å². The fraction of sp³-hybridized carbons (Fsp3) is 0.429. The van der Waals surface area contributed by atoms with Gasteiger partial charge in [-0.05, 0) is 19.0 Å². The lowest BCUT2D eigenvalue weighted by Gasteiger charge is -2.17. The van der Waals surface area contributed by atoms with Crippen LogP contribution in [0.2, 0.25) is 0 Å². The molecule has 22 heavy (non-hydrogen) atoms. The van der Waals surface area contributed by atoms with Crippen LogP contribution in [0.5, 0.6) is 0 Å². The maximum absolute atomic E-state index is 12.3. The van der Waals surface area contributed by atoms with Gasteiger partial charge in [0, 0.05) is 6.54 Å². The molecule has 1 atom stereocenters. The second-order valence-corrected chi connectivity index (χ2v) is 4.96. The summed E-state index contributed by atoms with van der Waals surface area (Å²) in [5, 5.41) is 12.9. The van der Waals surface area contributed by atoms with Crippen molar-refractivity contribution >= 4 is 0 Å². The van der Waals surface area contributed by atoms with Crippen LogP contribution in [0.1, 0.15) is 29.8 Å². The van der Waals surface area contributed by atoms with Gasteiger partial charge in [-0.2, -0.15) is 18.2 Å². The number of benzene rings is 1. The average molecular weight is 315 g/mol. The summed E-state index contributed by atoms with van der Waals surface area (Å²) in [5.41, 5.74) is 0.799. The van der Waals surface area contributed by atoms with Crippen LogP contribution in [-0.4, -0.2) is 33.7 Å². The van der Waals surface area contributed by atoms with Crippen LogP contribution in [0, 0.1) is 0 Å². The maximum atomic E-state index is 12.3. The van der Waals surface area contributed by atoms with Gasteiger partial charge in [-0.25, -0.2) is 0 Å². The number of hydrogen-bond acceptors (Lipinski definition) is 5. The number of aliphatic hydroxyl groups is 1. The molecule has 0 fully saturated rings. The zero-order chi connectivity index (χ0) is 16.2. The molecule has 2 aromatic rings. The highest BCUT2D eigenvalue weighted by Gasteiger charge is 2.37. The van der Waals surface area contributed by atoms with E-state index in [-0.39, 0.29) is 12.4 Å². The Morgan fingerprint density at radius 1 is 1.27 bits per heavy atom. The molecule has 2 rings (SSSR count). The first-order chi connectivity index (χ1) is 10.4. The smallest absolute Gasteiger partial charge is 0.388 e. The Labute approximate surface area is 125 Å². The van der Waals surface area contributed by atoms with Crippen molar-refractivity contribution in [1.82, 2.24) is 15.0 Å². The third-order valence-corrected chi connectivity index (χ3v) is 3.10. The standard InChI is InChI=1S/C14H16F3N3O2/c1-20(8-7-11(21)10-5-3-2-4-6-10)9-12-18-13(19-22-12)14(15,16)17/h2-6,11,21H,7-9H2,1H3. The van der Waals surface area contributed by atoms with Crippen LogP contribution in [-0.2, 0) is 12.7 Å². The van der Waals surface area contributed by atoms with Gasteiger partial charge in [0.2, 0.25) is 5.89 Å². The molecule has 0 saturated carbocycles. The lowest BCUT2D eigenvalue weighted by Crippen LogP contribution is -2.21. The summed E-state index contributed by atoms with van der Waals surface area (Å²) in [5.74, 6) is -1.38. The number of halogens is 3. The largest absolute Gasteiger partial charge is 0.455 e. The molecule has 0 saturated heterocycles. The van der Waals surface area contributed by atoms with Crippen molar-refractivity contribution in [3.63, 3.8) is 0 Å². The molecule has 1 heterocycles. The predicted octanol–water partition coefficient (Wildman–Crippen LogP) is 2.64. The molecule has 0 aliphatic carbocycles. The zero-order valence-electron chi connectivity index (χ0n) is 11.9. The van der Waals surface area contributed by atoms with Gasteiger partial charge < -0.3 is 9.63 Å². The van der Waals surface area contributed by atoms with E-state index in [1.54, 1.807) is 11.9 Å². The van der Waals surface area contributed by atoms with E-state index in [0.29, 0.717) is 13.0 Å². The van der Waals surface area contributed by atoms with Gasteiger partial charge in [0.15, 0.2) is 0 Å². The number of nitrogens with zero attached hydrogens (tertiary/aromatic N) is 3. The molecule has 0 aliphatic rings. The third-order valence-electron chi connectivity index (χ3n) is 3.10. The van der Waals surface area contributed by atoms with Crippen molar-refractivity contribution in [1.29, 1.82) is 0 Å². The van der Waals surface area contributed by atoms with Crippen molar-refractivity contribution in [3.05, 3.63) is 47.6 Å². The Balaban J connectivity index is 1.83. The number of aromatic nitrogens is 2. The summed E-state index contributed by atoms with van der Waals surface area (Å²) in [7, 11) is 1.70. The van der Waals surface area contributed by atoms with E-state index in [1.165, 1.54) is 0 Å². The van der Waals surface area contributed by atoms with Crippen LogP contribution in [0.15, 0.2) is 34.9 Å². The van der Waals surface area contributed by atoms with Crippen molar-refractivity contribution in [3.8, 4) is 0 Å². The molecule has 1 aromatic carbocycles. The van der Waals surface area contributed by atoms with Gasteiger partial charge in [0.25, 0.3) is 5.82 Å². The molecular weight excluding hydrogens is 299 g/mol. The first kappa shape index (κ1) is 16.4. The van der Waals surface area contributed by atoms with E-state index in [0.717, 1.165) is 5.56 Å². The Morgan fingerprint density at radius 2 is 1.95 bits per heavy atom. The van der Waals surface area contributed by atoms with Gasteiger partial charge in [0.1, 0.15) is 0 Å². The summed E-state index contributed by atoms with van der Waals surface area (Å²) in [6.45, 7) is 0.560. The first-order valence-corrected chi connectivity index (χ1v) is 6.67. The molecule has 1 unspecified atom stereocenters. The van der Waals surface area contributed by atoms with Crippen molar-refractivity contribution in [2.75, 3.05) is 13.6 Å². The van der Waals surface area contributed by atoms with Crippen LogP contribution < -0.4 is 0 Å². The Bertz CT molecular complexity index is 587. The summed E-state index contributed by atoms with van der Waals surface area (Å²) in [6, 6.07) is 9.16. The molecule has 1 N–H and O–H groups in total. The molecule has 0 bridgehead atoms. The normalized spacial score (nSPS) is 13.5. The third kappa shape index (κ3) is 4.54. The lowest BCUT2D eigenvalue weighted by atomic mass is 10.1. The topological polar surface area (TPSA) is 62.4 Å². The number of hydrogen-bond donors (Lipinski definition) is 1. The summed E-state index contributed by atoms with van der Waals surface area (Å²) < 4.78 is 41.6. The molecule has 120 valence electrons. The highest BCUT2D eigenvalue weighted by atomic mass is 19.4. The van der Waals surface area contributed by atoms with Gasteiger partial charge >= 0.3 is 6.18 Å². The number of rotatable bonds is 6.